The first kappa shape index (κ1) is 32.3. The molecule has 12 nitrogen and oxygen atoms in total. The van der Waals surface area contributed by atoms with Crippen molar-refractivity contribution in [3.63, 3.8) is 0 Å². The standard InChI is InChI=1S/C36H43N5O7/c1-22-19-39(25-8-9-29-30(18-25)35(45)41(34(29)44)31-10-11-32(42)37-33(31)43)20-23(2)40(22)26-16-28(17-26)48-27-12-14-38(15-13-27)36(46)47-21-24-6-4-3-5-7-24/h3-9,18,22-23,26-28,31H,10-17,19-21H2,1-2H3,(H,37,42,43)/t22-,23+,26?,28?,31?. The summed E-state index contributed by atoms with van der Waals surface area (Å²) in [6.45, 7) is 7.59. The van der Waals surface area contributed by atoms with Gasteiger partial charge in [-0.25, -0.2) is 4.79 Å². The van der Waals surface area contributed by atoms with E-state index in [1.165, 1.54) is 0 Å². The Hall–Kier alpha value is -4.29. The average Bonchev–Trinajstić information content (AvgIpc) is 3.31. The lowest BCUT2D eigenvalue weighted by molar-refractivity contribution is -0.136. The van der Waals surface area contributed by atoms with Crippen molar-refractivity contribution in [3.8, 4) is 0 Å². The number of anilines is 1. The van der Waals surface area contributed by atoms with Gasteiger partial charge >= 0.3 is 6.09 Å². The van der Waals surface area contributed by atoms with Gasteiger partial charge in [0, 0.05) is 56.4 Å². The Morgan fingerprint density at radius 3 is 2.23 bits per heavy atom. The molecule has 0 aromatic heterocycles. The number of nitrogens with zero attached hydrogens (tertiary/aromatic N) is 4. The average molecular weight is 658 g/mol. The van der Waals surface area contributed by atoms with Crippen LogP contribution in [0, 0.1) is 0 Å². The molecule has 1 saturated carbocycles. The van der Waals surface area contributed by atoms with Gasteiger partial charge in [-0.3, -0.25) is 34.3 Å². The highest BCUT2D eigenvalue weighted by atomic mass is 16.6. The molecule has 4 heterocycles. The quantitative estimate of drug-likeness (QED) is 0.446. The zero-order chi connectivity index (χ0) is 33.5. The third-order valence-electron chi connectivity index (χ3n) is 10.6. The summed E-state index contributed by atoms with van der Waals surface area (Å²) >= 11 is 0. The van der Waals surface area contributed by atoms with Crippen molar-refractivity contribution in [2.24, 2.45) is 0 Å². The second-order valence-electron chi connectivity index (χ2n) is 13.8. The molecule has 0 spiro atoms. The van der Waals surface area contributed by atoms with Crippen LogP contribution in [0.4, 0.5) is 10.5 Å². The van der Waals surface area contributed by atoms with Crippen molar-refractivity contribution in [1.29, 1.82) is 0 Å². The number of hydrogen-bond donors (Lipinski definition) is 1. The Kier molecular flexibility index (Phi) is 8.95. The second kappa shape index (κ2) is 13.3. The van der Waals surface area contributed by atoms with E-state index in [1.807, 2.05) is 36.4 Å². The summed E-state index contributed by atoms with van der Waals surface area (Å²) in [6, 6.07) is 15.1. The molecule has 2 aromatic rings. The topological polar surface area (TPSA) is 129 Å². The van der Waals surface area contributed by atoms with E-state index in [2.05, 4.69) is 29.0 Å². The number of amides is 5. The number of hydrogen-bond acceptors (Lipinski definition) is 9. The molecule has 3 saturated heterocycles. The Labute approximate surface area is 280 Å². The zero-order valence-corrected chi connectivity index (χ0v) is 27.5. The summed E-state index contributed by atoms with van der Waals surface area (Å²) in [5.74, 6) is -1.97. The summed E-state index contributed by atoms with van der Waals surface area (Å²) in [4.78, 5) is 70.7. The first-order valence-corrected chi connectivity index (χ1v) is 17.2. The SMILES string of the molecule is C[C@@H]1CN(c2ccc3c(c2)C(=O)N(C2CCC(=O)NC2=O)C3=O)C[C@H](C)N1C1CC(OC2CCN(C(=O)OCc3ccccc3)CC2)C1. The van der Waals surface area contributed by atoms with Crippen LogP contribution in [0.25, 0.3) is 0 Å². The van der Waals surface area contributed by atoms with E-state index in [9.17, 15) is 24.0 Å². The lowest BCUT2D eigenvalue weighted by Crippen LogP contribution is -2.63. The first-order chi connectivity index (χ1) is 23.2. The minimum atomic E-state index is -0.973. The third kappa shape index (κ3) is 6.30. The van der Waals surface area contributed by atoms with Crippen LogP contribution in [0.2, 0.25) is 0 Å². The largest absolute Gasteiger partial charge is 0.445 e. The van der Waals surface area contributed by atoms with Crippen molar-refractivity contribution in [1.82, 2.24) is 20.0 Å². The molecule has 1 aliphatic carbocycles. The van der Waals surface area contributed by atoms with Gasteiger partial charge in [0.2, 0.25) is 11.8 Å². The number of rotatable bonds is 7. The molecule has 4 fully saturated rings. The van der Waals surface area contributed by atoms with Gasteiger partial charge in [0.1, 0.15) is 12.6 Å². The van der Waals surface area contributed by atoms with Crippen LogP contribution in [0.3, 0.4) is 0 Å². The molecule has 5 aliphatic rings. The highest BCUT2D eigenvalue weighted by Crippen LogP contribution is 2.37. The highest BCUT2D eigenvalue weighted by molar-refractivity contribution is 6.23. The Balaban J connectivity index is 0.879. The van der Waals surface area contributed by atoms with Crippen molar-refractivity contribution < 1.29 is 33.4 Å². The molecule has 7 rings (SSSR count). The van der Waals surface area contributed by atoms with Gasteiger partial charge in [0.05, 0.1) is 23.3 Å². The normalized spacial score (nSPS) is 28.3. The van der Waals surface area contributed by atoms with Crippen LogP contribution in [0.1, 0.15) is 78.7 Å². The number of carbonyl (C=O) groups excluding carboxylic acids is 5. The van der Waals surface area contributed by atoms with E-state index in [0.29, 0.717) is 30.3 Å². The van der Waals surface area contributed by atoms with E-state index in [0.717, 1.165) is 54.9 Å². The number of fused-ring (bicyclic) bond motifs is 1. The van der Waals surface area contributed by atoms with E-state index in [-0.39, 0.29) is 49.8 Å². The predicted molar refractivity (Wildman–Crippen MR) is 175 cm³/mol. The molecule has 0 bridgehead atoms. The fourth-order valence-corrected chi connectivity index (χ4v) is 8.07. The number of nitrogens with one attached hydrogen (secondary N) is 1. The van der Waals surface area contributed by atoms with E-state index in [1.54, 1.807) is 17.0 Å². The van der Waals surface area contributed by atoms with Crippen LogP contribution in [-0.2, 0) is 25.7 Å². The maximum Gasteiger partial charge on any atom is 0.410 e. The number of carbonyl (C=O) groups is 5. The van der Waals surface area contributed by atoms with Crippen molar-refractivity contribution in [3.05, 3.63) is 65.2 Å². The molecule has 48 heavy (non-hydrogen) atoms. The van der Waals surface area contributed by atoms with Gasteiger partial charge < -0.3 is 19.3 Å². The van der Waals surface area contributed by atoms with Gasteiger partial charge in [0.25, 0.3) is 11.8 Å². The summed E-state index contributed by atoms with van der Waals surface area (Å²) in [5, 5.41) is 2.24. The van der Waals surface area contributed by atoms with Crippen LogP contribution < -0.4 is 10.2 Å². The first-order valence-electron chi connectivity index (χ1n) is 17.2. The van der Waals surface area contributed by atoms with Gasteiger partial charge in [-0.2, -0.15) is 0 Å². The second-order valence-corrected chi connectivity index (χ2v) is 13.8. The molecular weight excluding hydrogens is 614 g/mol. The minimum absolute atomic E-state index is 0.0935. The summed E-state index contributed by atoms with van der Waals surface area (Å²) in [6.07, 6.45) is 3.94. The molecule has 2 aromatic carbocycles. The van der Waals surface area contributed by atoms with Crippen molar-refractivity contribution in [2.75, 3.05) is 31.1 Å². The maximum absolute atomic E-state index is 13.4. The van der Waals surface area contributed by atoms with Crippen LogP contribution in [0.5, 0.6) is 0 Å². The molecule has 1 unspecified atom stereocenters. The predicted octanol–water partition coefficient (Wildman–Crippen LogP) is 3.34. The number of ether oxygens (including phenoxy) is 2. The van der Waals surface area contributed by atoms with Crippen LogP contribution >= 0.6 is 0 Å². The Morgan fingerprint density at radius 1 is 0.854 bits per heavy atom. The third-order valence-corrected chi connectivity index (χ3v) is 10.6. The van der Waals surface area contributed by atoms with Gasteiger partial charge in [-0.15, -0.1) is 0 Å². The van der Waals surface area contributed by atoms with Gasteiger partial charge in [0.15, 0.2) is 0 Å². The zero-order valence-electron chi connectivity index (χ0n) is 27.5. The van der Waals surface area contributed by atoms with Crippen LogP contribution in [-0.4, -0.2) is 107 Å². The molecule has 5 amide bonds. The lowest BCUT2D eigenvalue weighted by atomic mass is 9.84. The molecule has 3 atom stereocenters. The fourth-order valence-electron chi connectivity index (χ4n) is 8.07. The molecule has 12 heteroatoms. The number of piperidine rings is 2. The molecule has 254 valence electrons. The number of piperazine rings is 1. The number of imide groups is 2. The summed E-state index contributed by atoms with van der Waals surface area (Å²) in [7, 11) is 0. The van der Waals surface area contributed by atoms with Gasteiger partial charge in [-0.05, 0) is 69.7 Å². The number of likely N-dealkylation sites (tertiary alicyclic amines) is 1. The number of benzene rings is 2. The lowest BCUT2D eigenvalue weighted by Gasteiger charge is -2.53. The van der Waals surface area contributed by atoms with Crippen molar-refractivity contribution >= 4 is 35.4 Å². The van der Waals surface area contributed by atoms with Gasteiger partial charge in [-0.1, -0.05) is 30.3 Å². The molecule has 4 aliphatic heterocycles. The van der Waals surface area contributed by atoms with E-state index < -0.39 is 29.7 Å². The monoisotopic (exact) mass is 657 g/mol. The fraction of sp³-hybridized carbons (Fsp3) is 0.528. The summed E-state index contributed by atoms with van der Waals surface area (Å²) < 4.78 is 12.0. The van der Waals surface area contributed by atoms with E-state index in [4.69, 9.17) is 9.47 Å². The van der Waals surface area contributed by atoms with Crippen LogP contribution in [0.15, 0.2) is 48.5 Å². The molecular formula is C36H43N5O7. The maximum atomic E-state index is 13.4. The van der Waals surface area contributed by atoms with E-state index >= 15 is 0 Å². The highest BCUT2D eigenvalue weighted by Gasteiger charge is 2.46. The smallest absolute Gasteiger partial charge is 0.410 e. The molecule has 0 radical (unpaired) electrons. The molecule has 1 N–H and O–H groups in total. The van der Waals surface area contributed by atoms with Crippen molar-refractivity contribution in [2.45, 2.75) is 95.4 Å². The Morgan fingerprint density at radius 2 is 1.54 bits per heavy atom. The summed E-state index contributed by atoms with van der Waals surface area (Å²) in [5.41, 5.74) is 2.45. The Bertz CT molecular complexity index is 1570. The minimum Gasteiger partial charge on any atom is -0.445 e.